The maximum absolute atomic E-state index is 11.9. The lowest BCUT2D eigenvalue weighted by Crippen LogP contribution is -2.07. The van der Waals surface area contributed by atoms with Gasteiger partial charge in [0.25, 0.3) is 0 Å². The predicted octanol–water partition coefficient (Wildman–Crippen LogP) is 5.12. The van der Waals surface area contributed by atoms with E-state index in [1.807, 2.05) is 41.8 Å². The Labute approximate surface area is 143 Å². The lowest BCUT2D eigenvalue weighted by Gasteiger charge is -2.03. The molecule has 114 valence electrons. The fourth-order valence-electron chi connectivity index (χ4n) is 2.03. The number of nitrogens with zero attached hydrogens (tertiary/aromatic N) is 1. The number of benzene rings is 2. The first-order valence-corrected chi connectivity index (χ1v) is 8.21. The van der Waals surface area contributed by atoms with Gasteiger partial charge in [-0.25, -0.2) is 4.98 Å². The summed E-state index contributed by atoms with van der Waals surface area (Å²) in [6.07, 6.45) is 4.99. The van der Waals surface area contributed by atoms with Crippen LogP contribution in [0.15, 0.2) is 66.2 Å². The smallest absolute Gasteiger partial charge is 0.248 e. The minimum Gasteiger partial charge on any atom is -0.323 e. The Bertz CT molecular complexity index is 826. The van der Waals surface area contributed by atoms with E-state index < -0.39 is 0 Å². The molecule has 0 unspecified atom stereocenters. The summed E-state index contributed by atoms with van der Waals surface area (Å²) in [5, 5.41) is 6.37. The molecule has 0 bridgehead atoms. The third-order valence-electron chi connectivity index (χ3n) is 3.11. The zero-order valence-electron chi connectivity index (χ0n) is 12.1. The second-order valence-corrected chi connectivity index (χ2v) is 6.12. The van der Waals surface area contributed by atoms with Crippen LogP contribution in [0.25, 0.3) is 16.6 Å². The van der Waals surface area contributed by atoms with E-state index in [9.17, 15) is 4.79 Å². The first-order chi connectivity index (χ1) is 11.2. The number of halogens is 1. The molecule has 0 atom stereocenters. The van der Waals surface area contributed by atoms with Crippen molar-refractivity contribution in [3.63, 3.8) is 0 Å². The minimum absolute atomic E-state index is 0.188. The first kappa shape index (κ1) is 15.5. The van der Waals surface area contributed by atoms with E-state index in [1.165, 1.54) is 6.08 Å². The van der Waals surface area contributed by atoms with Crippen LogP contribution in [-0.2, 0) is 4.79 Å². The largest absolute Gasteiger partial charge is 0.323 e. The maximum atomic E-state index is 11.9. The molecule has 0 saturated carbocycles. The number of hydrogen-bond donors (Lipinski definition) is 1. The van der Waals surface area contributed by atoms with E-state index in [1.54, 1.807) is 35.7 Å². The van der Waals surface area contributed by atoms with Gasteiger partial charge in [0, 0.05) is 33.9 Å². The van der Waals surface area contributed by atoms with E-state index in [2.05, 4.69) is 10.3 Å². The van der Waals surface area contributed by atoms with Crippen molar-refractivity contribution < 1.29 is 4.79 Å². The number of aromatic nitrogens is 1. The number of nitrogens with one attached hydrogen (secondary N) is 1. The monoisotopic (exact) mass is 340 g/mol. The third kappa shape index (κ3) is 4.28. The molecule has 1 amide bonds. The van der Waals surface area contributed by atoms with Gasteiger partial charge in [-0.05, 0) is 48.0 Å². The summed E-state index contributed by atoms with van der Waals surface area (Å²) in [7, 11) is 0. The number of thiazole rings is 1. The summed E-state index contributed by atoms with van der Waals surface area (Å²) in [5.41, 5.74) is 2.66. The van der Waals surface area contributed by atoms with Crippen LogP contribution in [0.1, 0.15) is 5.56 Å². The Morgan fingerprint density at radius 1 is 1.17 bits per heavy atom. The molecule has 1 N–H and O–H groups in total. The number of anilines is 1. The van der Waals surface area contributed by atoms with Gasteiger partial charge in [-0.1, -0.05) is 23.7 Å². The van der Waals surface area contributed by atoms with Gasteiger partial charge in [0.05, 0.1) is 0 Å². The quantitative estimate of drug-likeness (QED) is 0.670. The fraction of sp³-hybridized carbons (Fsp3) is 0. The average Bonchev–Trinajstić information content (AvgIpc) is 3.08. The van der Waals surface area contributed by atoms with Crippen molar-refractivity contribution >= 4 is 40.6 Å². The standard InChI is InChI=1S/C18H13ClN2OS/c19-15-3-1-2-13(12-15)4-9-17(22)21-16-7-5-14(6-8-16)18-20-10-11-23-18/h1-12H,(H,21,22)/b9-4+. The highest BCUT2D eigenvalue weighted by atomic mass is 35.5. The molecule has 0 spiro atoms. The summed E-state index contributed by atoms with van der Waals surface area (Å²) in [4.78, 5) is 16.2. The van der Waals surface area contributed by atoms with Crippen LogP contribution in [0.3, 0.4) is 0 Å². The van der Waals surface area contributed by atoms with E-state index in [4.69, 9.17) is 11.6 Å². The molecule has 2 aromatic carbocycles. The lowest BCUT2D eigenvalue weighted by atomic mass is 10.2. The van der Waals surface area contributed by atoms with Crippen LogP contribution < -0.4 is 5.32 Å². The van der Waals surface area contributed by atoms with Crippen molar-refractivity contribution in [2.45, 2.75) is 0 Å². The zero-order chi connectivity index (χ0) is 16.1. The van der Waals surface area contributed by atoms with Crippen molar-refractivity contribution in [3.8, 4) is 10.6 Å². The van der Waals surface area contributed by atoms with Crippen LogP contribution in [0.2, 0.25) is 5.02 Å². The van der Waals surface area contributed by atoms with Crippen molar-refractivity contribution in [3.05, 3.63) is 76.8 Å². The number of rotatable bonds is 4. The Morgan fingerprint density at radius 3 is 2.70 bits per heavy atom. The molecule has 5 heteroatoms. The van der Waals surface area contributed by atoms with E-state index in [-0.39, 0.29) is 5.91 Å². The van der Waals surface area contributed by atoms with E-state index >= 15 is 0 Å². The summed E-state index contributed by atoms with van der Waals surface area (Å²) in [5.74, 6) is -0.188. The molecule has 23 heavy (non-hydrogen) atoms. The number of carbonyl (C=O) groups is 1. The summed E-state index contributed by atoms with van der Waals surface area (Å²) < 4.78 is 0. The van der Waals surface area contributed by atoms with Gasteiger partial charge in [-0.3, -0.25) is 4.79 Å². The van der Waals surface area contributed by atoms with E-state index in [0.717, 1.165) is 21.8 Å². The predicted molar refractivity (Wildman–Crippen MR) is 96.7 cm³/mol. The zero-order valence-corrected chi connectivity index (χ0v) is 13.6. The van der Waals surface area contributed by atoms with Crippen molar-refractivity contribution in [2.75, 3.05) is 5.32 Å². The maximum Gasteiger partial charge on any atom is 0.248 e. The topological polar surface area (TPSA) is 42.0 Å². The van der Waals surface area contributed by atoms with Crippen LogP contribution >= 0.6 is 22.9 Å². The highest BCUT2D eigenvalue weighted by molar-refractivity contribution is 7.13. The second-order valence-electron chi connectivity index (χ2n) is 4.79. The van der Waals surface area contributed by atoms with E-state index in [0.29, 0.717) is 5.02 Å². The van der Waals surface area contributed by atoms with Crippen LogP contribution in [0.4, 0.5) is 5.69 Å². The average molecular weight is 341 g/mol. The molecule has 0 fully saturated rings. The molecule has 3 nitrogen and oxygen atoms in total. The second kappa shape index (κ2) is 7.22. The third-order valence-corrected chi connectivity index (χ3v) is 4.16. The van der Waals surface area contributed by atoms with Gasteiger partial charge in [-0.2, -0.15) is 0 Å². The van der Waals surface area contributed by atoms with Gasteiger partial charge >= 0.3 is 0 Å². The minimum atomic E-state index is -0.188. The molecule has 0 aliphatic heterocycles. The fourth-order valence-corrected chi connectivity index (χ4v) is 2.87. The van der Waals surface area contributed by atoms with Crippen LogP contribution in [0, 0.1) is 0 Å². The van der Waals surface area contributed by atoms with Crippen molar-refractivity contribution in [2.24, 2.45) is 0 Å². The molecule has 3 rings (SSSR count). The molecular formula is C18H13ClN2OS. The highest BCUT2D eigenvalue weighted by Gasteiger charge is 2.02. The van der Waals surface area contributed by atoms with Gasteiger partial charge in [0.2, 0.25) is 5.91 Å². The number of amides is 1. The molecule has 0 aliphatic carbocycles. The Kier molecular flexibility index (Phi) is 4.86. The number of carbonyl (C=O) groups excluding carboxylic acids is 1. The van der Waals surface area contributed by atoms with Gasteiger partial charge < -0.3 is 5.32 Å². The molecule has 0 radical (unpaired) electrons. The molecule has 1 aromatic heterocycles. The lowest BCUT2D eigenvalue weighted by molar-refractivity contribution is -0.111. The summed E-state index contributed by atoms with van der Waals surface area (Å²) >= 11 is 7.49. The SMILES string of the molecule is O=C(/C=C/c1cccc(Cl)c1)Nc1ccc(-c2nccs2)cc1. The molecule has 0 saturated heterocycles. The number of hydrogen-bond acceptors (Lipinski definition) is 3. The Balaban J connectivity index is 1.64. The van der Waals surface area contributed by atoms with Crippen LogP contribution in [-0.4, -0.2) is 10.9 Å². The Hall–Kier alpha value is -2.43. The molecule has 1 heterocycles. The van der Waals surface area contributed by atoms with Gasteiger partial charge in [0.1, 0.15) is 5.01 Å². The molecular weight excluding hydrogens is 328 g/mol. The first-order valence-electron chi connectivity index (χ1n) is 6.95. The molecule has 0 aliphatic rings. The van der Waals surface area contributed by atoms with Crippen molar-refractivity contribution in [1.82, 2.24) is 4.98 Å². The van der Waals surface area contributed by atoms with Gasteiger partial charge in [-0.15, -0.1) is 11.3 Å². The summed E-state index contributed by atoms with van der Waals surface area (Å²) in [6, 6.07) is 14.9. The normalized spacial score (nSPS) is 10.8. The Morgan fingerprint density at radius 2 is 2.00 bits per heavy atom. The van der Waals surface area contributed by atoms with Crippen LogP contribution in [0.5, 0.6) is 0 Å². The molecule has 3 aromatic rings. The van der Waals surface area contributed by atoms with Crippen molar-refractivity contribution in [1.29, 1.82) is 0 Å². The summed E-state index contributed by atoms with van der Waals surface area (Å²) in [6.45, 7) is 0. The van der Waals surface area contributed by atoms with Gasteiger partial charge in [0.15, 0.2) is 0 Å². The highest BCUT2D eigenvalue weighted by Crippen LogP contribution is 2.23.